The van der Waals surface area contributed by atoms with Gasteiger partial charge in [0, 0.05) is 18.8 Å². The third kappa shape index (κ3) is 4.63. The third-order valence-corrected chi connectivity index (χ3v) is 3.24. The Morgan fingerprint density at radius 3 is 2.45 bits per heavy atom. The van der Waals surface area contributed by atoms with Crippen molar-refractivity contribution in [1.82, 2.24) is 5.43 Å². The van der Waals surface area contributed by atoms with Crippen LogP contribution in [0.5, 0.6) is 0 Å². The molecule has 0 spiro atoms. The Balaban J connectivity index is 2.04. The van der Waals surface area contributed by atoms with Crippen molar-refractivity contribution < 1.29 is 4.79 Å². The van der Waals surface area contributed by atoms with Gasteiger partial charge in [-0.3, -0.25) is 0 Å². The number of benzene rings is 2. The van der Waals surface area contributed by atoms with Gasteiger partial charge < -0.3 is 10.6 Å². The molecule has 0 heterocycles. The summed E-state index contributed by atoms with van der Waals surface area (Å²) in [6.45, 7) is 3.93. The van der Waals surface area contributed by atoms with Crippen LogP contribution in [-0.4, -0.2) is 18.8 Å². The van der Waals surface area contributed by atoms with E-state index in [0.717, 1.165) is 24.3 Å². The molecular weight excluding hydrogens is 276 g/mol. The lowest BCUT2D eigenvalue weighted by Crippen LogP contribution is -2.24. The zero-order valence-electron chi connectivity index (χ0n) is 12.6. The van der Waals surface area contributed by atoms with Crippen molar-refractivity contribution in [2.24, 2.45) is 10.8 Å². The molecule has 0 unspecified atom stereocenters. The van der Waals surface area contributed by atoms with Crippen molar-refractivity contribution in [3.63, 3.8) is 0 Å². The second-order valence-electron chi connectivity index (χ2n) is 4.83. The van der Waals surface area contributed by atoms with Gasteiger partial charge in [-0.15, -0.1) is 0 Å². The third-order valence-electron chi connectivity index (χ3n) is 3.24. The van der Waals surface area contributed by atoms with E-state index in [0.29, 0.717) is 0 Å². The summed E-state index contributed by atoms with van der Waals surface area (Å²) in [6.07, 6.45) is 1.56. The van der Waals surface area contributed by atoms with E-state index in [4.69, 9.17) is 5.73 Å². The smallest absolute Gasteiger partial charge is 0.332 e. The maximum absolute atomic E-state index is 10.5. The van der Waals surface area contributed by atoms with Crippen molar-refractivity contribution >= 4 is 17.9 Å². The van der Waals surface area contributed by atoms with Crippen molar-refractivity contribution in [2.75, 3.05) is 11.4 Å². The SMILES string of the molecule is CCN(Cc1ccccc1)c1ccc(/C=N/NC(N)=O)cc1. The van der Waals surface area contributed by atoms with Gasteiger partial charge in [0.05, 0.1) is 6.21 Å². The minimum absolute atomic E-state index is 0.673. The number of anilines is 1. The minimum Gasteiger partial charge on any atom is -0.367 e. The lowest BCUT2D eigenvalue weighted by atomic mass is 10.1. The molecule has 5 nitrogen and oxygen atoms in total. The number of rotatable bonds is 6. The summed E-state index contributed by atoms with van der Waals surface area (Å²) in [4.78, 5) is 12.8. The number of hydrazone groups is 1. The Labute approximate surface area is 130 Å². The molecule has 2 rings (SSSR count). The fourth-order valence-corrected chi connectivity index (χ4v) is 2.13. The van der Waals surface area contributed by atoms with Gasteiger partial charge >= 0.3 is 6.03 Å². The van der Waals surface area contributed by atoms with E-state index >= 15 is 0 Å². The molecular formula is C17H20N4O. The van der Waals surface area contributed by atoms with E-state index in [1.807, 2.05) is 30.3 Å². The Hall–Kier alpha value is -2.82. The van der Waals surface area contributed by atoms with Crippen LogP contribution in [0.1, 0.15) is 18.1 Å². The van der Waals surface area contributed by atoms with E-state index in [2.05, 4.69) is 46.6 Å². The van der Waals surface area contributed by atoms with Crippen molar-refractivity contribution in [2.45, 2.75) is 13.5 Å². The summed E-state index contributed by atoms with van der Waals surface area (Å²) in [5, 5.41) is 3.74. The molecule has 0 fully saturated rings. The first-order chi connectivity index (χ1) is 10.7. The van der Waals surface area contributed by atoms with E-state index in [1.165, 1.54) is 5.56 Å². The van der Waals surface area contributed by atoms with Crippen LogP contribution < -0.4 is 16.1 Å². The highest BCUT2D eigenvalue weighted by Crippen LogP contribution is 2.17. The number of amides is 2. The fourth-order valence-electron chi connectivity index (χ4n) is 2.13. The zero-order valence-corrected chi connectivity index (χ0v) is 12.6. The number of hydrogen-bond acceptors (Lipinski definition) is 3. The predicted molar refractivity (Wildman–Crippen MR) is 89.9 cm³/mol. The minimum atomic E-state index is -0.673. The topological polar surface area (TPSA) is 70.7 Å². The van der Waals surface area contributed by atoms with Crippen LogP contribution in [0.25, 0.3) is 0 Å². The lowest BCUT2D eigenvalue weighted by Gasteiger charge is -2.23. The highest BCUT2D eigenvalue weighted by molar-refractivity contribution is 5.82. The maximum Gasteiger partial charge on any atom is 0.332 e. The van der Waals surface area contributed by atoms with Crippen LogP contribution in [0.4, 0.5) is 10.5 Å². The van der Waals surface area contributed by atoms with Crippen LogP contribution in [0.3, 0.4) is 0 Å². The maximum atomic E-state index is 10.5. The van der Waals surface area contributed by atoms with Crippen molar-refractivity contribution in [3.05, 3.63) is 65.7 Å². The monoisotopic (exact) mass is 296 g/mol. The number of hydrogen-bond donors (Lipinski definition) is 2. The van der Waals surface area contributed by atoms with E-state index < -0.39 is 6.03 Å². The molecule has 0 aliphatic heterocycles. The summed E-state index contributed by atoms with van der Waals surface area (Å²) in [6, 6.07) is 17.7. The van der Waals surface area contributed by atoms with E-state index in [-0.39, 0.29) is 0 Å². The number of nitrogens with one attached hydrogen (secondary N) is 1. The summed E-state index contributed by atoms with van der Waals surface area (Å²) in [5.74, 6) is 0. The van der Waals surface area contributed by atoms with Gasteiger partial charge in [-0.05, 0) is 30.2 Å². The van der Waals surface area contributed by atoms with E-state index in [1.54, 1.807) is 6.21 Å². The van der Waals surface area contributed by atoms with Gasteiger partial charge in [0.25, 0.3) is 0 Å². The van der Waals surface area contributed by atoms with Crippen LogP contribution in [0.2, 0.25) is 0 Å². The van der Waals surface area contributed by atoms with Gasteiger partial charge in [-0.1, -0.05) is 42.5 Å². The Kier molecular flexibility index (Phi) is 5.54. The number of nitrogens with zero attached hydrogens (tertiary/aromatic N) is 2. The standard InChI is InChI=1S/C17H20N4O/c1-2-21(13-15-6-4-3-5-7-15)16-10-8-14(9-11-16)12-19-20-17(18)22/h3-12H,2,13H2,1H3,(H3,18,20,22)/b19-12+. The van der Waals surface area contributed by atoms with Gasteiger partial charge in [-0.2, -0.15) is 5.10 Å². The highest BCUT2D eigenvalue weighted by Gasteiger charge is 2.04. The largest absolute Gasteiger partial charge is 0.367 e. The van der Waals surface area contributed by atoms with Gasteiger partial charge in [0.1, 0.15) is 0 Å². The number of carbonyl (C=O) groups excluding carboxylic acids is 1. The molecule has 2 aromatic carbocycles. The van der Waals surface area contributed by atoms with Crippen LogP contribution in [0, 0.1) is 0 Å². The normalized spacial score (nSPS) is 10.6. The van der Waals surface area contributed by atoms with Crippen molar-refractivity contribution in [3.8, 4) is 0 Å². The molecule has 0 atom stereocenters. The Morgan fingerprint density at radius 2 is 1.86 bits per heavy atom. The molecule has 0 radical (unpaired) electrons. The first-order valence-corrected chi connectivity index (χ1v) is 7.16. The zero-order chi connectivity index (χ0) is 15.8. The van der Waals surface area contributed by atoms with Gasteiger partial charge in [0.15, 0.2) is 0 Å². The molecule has 114 valence electrons. The van der Waals surface area contributed by atoms with Gasteiger partial charge in [0.2, 0.25) is 0 Å². The summed E-state index contributed by atoms with van der Waals surface area (Å²) < 4.78 is 0. The molecule has 2 amide bonds. The van der Waals surface area contributed by atoms with Crippen LogP contribution >= 0.6 is 0 Å². The molecule has 0 aliphatic rings. The average molecular weight is 296 g/mol. The second-order valence-corrected chi connectivity index (χ2v) is 4.83. The van der Waals surface area contributed by atoms with E-state index in [9.17, 15) is 4.79 Å². The molecule has 0 aromatic heterocycles. The second kappa shape index (κ2) is 7.83. The molecule has 0 aliphatic carbocycles. The first kappa shape index (κ1) is 15.6. The molecule has 2 aromatic rings. The Morgan fingerprint density at radius 1 is 1.18 bits per heavy atom. The fraction of sp³-hybridized carbons (Fsp3) is 0.176. The number of carbonyl (C=O) groups is 1. The predicted octanol–water partition coefficient (Wildman–Crippen LogP) is 2.72. The molecule has 0 saturated heterocycles. The first-order valence-electron chi connectivity index (χ1n) is 7.16. The summed E-state index contributed by atoms with van der Waals surface area (Å²) >= 11 is 0. The highest BCUT2D eigenvalue weighted by atomic mass is 16.2. The molecule has 0 saturated carbocycles. The summed E-state index contributed by atoms with van der Waals surface area (Å²) in [5.41, 5.74) is 10.4. The van der Waals surface area contributed by atoms with Crippen LogP contribution in [0.15, 0.2) is 59.7 Å². The molecule has 0 bridgehead atoms. The van der Waals surface area contributed by atoms with Crippen LogP contribution in [-0.2, 0) is 6.54 Å². The average Bonchev–Trinajstić information content (AvgIpc) is 2.54. The Bertz CT molecular complexity index is 623. The molecule has 3 N–H and O–H groups in total. The quantitative estimate of drug-likeness (QED) is 0.635. The number of urea groups is 1. The number of primary amides is 1. The number of nitrogens with two attached hydrogens (primary N) is 1. The van der Waals surface area contributed by atoms with Crippen molar-refractivity contribution in [1.29, 1.82) is 0 Å². The molecule has 22 heavy (non-hydrogen) atoms. The summed E-state index contributed by atoms with van der Waals surface area (Å²) in [7, 11) is 0. The van der Waals surface area contributed by atoms with Gasteiger partial charge in [-0.25, -0.2) is 10.2 Å². The lowest BCUT2D eigenvalue weighted by molar-refractivity contribution is 0.249. The molecule has 5 heteroatoms.